The van der Waals surface area contributed by atoms with E-state index in [1.165, 1.54) is 0 Å². The molecular formula is C3H5ClF2O2. The Balaban J connectivity index is 0. The molecule has 0 spiro atoms. The highest BCUT2D eigenvalue weighted by molar-refractivity contribution is 6.16. The highest BCUT2D eigenvalue weighted by atomic mass is 35.5. The maximum atomic E-state index is 10.3. The third kappa shape index (κ3) is 45.7. The summed E-state index contributed by atoms with van der Waals surface area (Å²) in [7, 11) is 0. The second kappa shape index (κ2) is 9.80. The van der Waals surface area contributed by atoms with E-state index in [-0.39, 0.29) is 0 Å². The quantitative estimate of drug-likeness (QED) is 0.485. The smallest absolute Gasteiger partial charge is 0.255 e. The van der Waals surface area contributed by atoms with Gasteiger partial charge in [-0.2, -0.15) is 0 Å². The van der Waals surface area contributed by atoms with Crippen molar-refractivity contribution >= 4 is 17.6 Å². The molecule has 0 heterocycles. The molecule has 50 valence electrons. The molecule has 0 radical (unpaired) electrons. The number of hydrogen-bond acceptors (Lipinski definition) is 2. The molecule has 0 aliphatic rings. The Morgan fingerprint density at radius 1 is 1.88 bits per heavy atom. The molecule has 0 saturated heterocycles. The lowest BCUT2D eigenvalue weighted by atomic mass is 10.9. The van der Waals surface area contributed by atoms with Crippen molar-refractivity contribution in [3.05, 3.63) is 0 Å². The van der Waals surface area contributed by atoms with E-state index in [4.69, 9.17) is 0 Å². The van der Waals surface area contributed by atoms with Crippen molar-refractivity contribution < 1.29 is 18.7 Å². The summed E-state index contributed by atoms with van der Waals surface area (Å²) >= 11 is 4.33. The monoisotopic (exact) mass is 146 g/mol. The van der Waals surface area contributed by atoms with E-state index in [0.717, 1.165) is 6.92 Å². The first-order valence-electron chi connectivity index (χ1n) is 1.60. The van der Waals surface area contributed by atoms with Crippen LogP contribution in [-0.2, 0) is 9.74 Å². The van der Waals surface area contributed by atoms with Crippen LogP contribution in [0, 0.1) is 0 Å². The molecule has 8 heavy (non-hydrogen) atoms. The molecule has 0 aromatic rings. The predicted molar refractivity (Wildman–Crippen MR) is 24.7 cm³/mol. The molecule has 0 bridgehead atoms. The minimum Gasteiger partial charge on any atom is -0.255 e. The van der Waals surface area contributed by atoms with Gasteiger partial charge in [0, 0.05) is 11.4 Å². The Morgan fingerprint density at radius 2 is 2.00 bits per heavy atom. The molecular weight excluding hydrogens is 141 g/mol. The molecule has 0 aliphatic carbocycles. The molecule has 0 unspecified atom stereocenters. The maximum absolute atomic E-state index is 10.3. The van der Waals surface area contributed by atoms with Crippen molar-refractivity contribution in [2.45, 2.75) is 6.92 Å². The lowest BCUT2D eigenvalue weighted by molar-refractivity contribution is -0.180. The summed E-state index contributed by atoms with van der Waals surface area (Å²) in [5.74, 6) is -0.912. The molecule has 0 aromatic heterocycles. The van der Waals surface area contributed by atoms with Gasteiger partial charge in [-0.05, 0) is 0 Å². The summed E-state index contributed by atoms with van der Waals surface area (Å²) in [4.78, 5) is 11.8. The van der Waals surface area contributed by atoms with E-state index in [1.807, 2.05) is 0 Å². The van der Waals surface area contributed by atoms with Crippen LogP contribution in [-0.4, -0.2) is 12.1 Å². The molecule has 0 saturated carbocycles. The molecule has 0 aliphatic heterocycles. The van der Waals surface area contributed by atoms with Crippen LogP contribution in [0.15, 0.2) is 0 Å². The van der Waals surface area contributed by atoms with Crippen LogP contribution in [0.1, 0.15) is 6.92 Å². The Bertz CT molecular complexity index is 59.2. The van der Waals surface area contributed by atoms with Gasteiger partial charge in [0.15, 0.2) is 6.13 Å². The van der Waals surface area contributed by atoms with Gasteiger partial charge in [0.25, 0.3) is 0 Å². The van der Waals surface area contributed by atoms with Crippen molar-refractivity contribution in [2.75, 3.05) is 6.13 Å². The average molecular weight is 147 g/mol. The minimum absolute atomic E-state index is 0.778. The summed E-state index contributed by atoms with van der Waals surface area (Å²) < 4.78 is 20.3. The Kier molecular flexibility index (Phi) is 12.9. The van der Waals surface area contributed by atoms with E-state index < -0.39 is 12.1 Å². The predicted octanol–water partition coefficient (Wildman–Crippen LogP) is 1.59. The minimum atomic E-state index is -0.912. The molecule has 2 nitrogen and oxygen atoms in total. The normalized spacial score (nSPS) is 6.50. The van der Waals surface area contributed by atoms with Crippen LogP contribution in [0.25, 0.3) is 0 Å². The van der Waals surface area contributed by atoms with E-state index in [9.17, 15) is 13.7 Å². The Labute approximate surface area is 50.3 Å². The van der Waals surface area contributed by atoms with Crippen molar-refractivity contribution in [3.8, 4) is 0 Å². The average Bonchev–Trinajstić information content (AvgIpc) is 1.69. The molecule has 0 atom stereocenters. The summed E-state index contributed by atoms with van der Waals surface area (Å²) in [5.41, 5.74) is 0. The van der Waals surface area contributed by atoms with Crippen molar-refractivity contribution in [2.24, 2.45) is 0 Å². The highest BCUT2D eigenvalue weighted by Gasteiger charge is 1.81. The van der Waals surface area contributed by atoms with Gasteiger partial charge < -0.3 is 0 Å². The zero-order chi connectivity index (χ0) is 6.99. The van der Waals surface area contributed by atoms with Gasteiger partial charge in [-0.3, -0.25) is 4.94 Å². The summed E-state index contributed by atoms with van der Waals surface area (Å²) in [5, 5.41) is 0. The second-order valence-corrected chi connectivity index (χ2v) is 0.872. The summed E-state index contributed by atoms with van der Waals surface area (Å²) in [6, 6.07) is 0. The second-order valence-electron chi connectivity index (χ2n) is 0.670. The third-order valence-corrected chi connectivity index (χ3v) is 0.109. The molecule has 0 N–H and O–H groups in total. The maximum Gasteiger partial charge on any atom is 0.345 e. The van der Waals surface area contributed by atoms with Crippen LogP contribution in [0.2, 0.25) is 0 Å². The van der Waals surface area contributed by atoms with Gasteiger partial charge in [-0.1, -0.05) is 11.6 Å². The zero-order valence-corrected chi connectivity index (χ0v) is 4.91. The fraction of sp³-hybridized carbons (Fsp3) is 0.667. The number of halogens is 3. The third-order valence-electron chi connectivity index (χ3n) is 0.109. The first kappa shape index (κ1) is 10.6. The summed E-state index contributed by atoms with van der Waals surface area (Å²) in [6.45, 7) is 0.986. The standard InChI is InChI=1S/C2H3FO2.CH2ClF/c1-2(4)5-3;2-1-3/h1H3;1H2. The van der Waals surface area contributed by atoms with E-state index in [1.54, 1.807) is 0 Å². The van der Waals surface area contributed by atoms with Gasteiger partial charge in [0.1, 0.15) is 0 Å². The SMILES string of the molecule is CC(=O)OF.FCCl. The van der Waals surface area contributed by atoms with Crippen LogP contribution in [0.4, 0.5) is 8.92 Å². The van der Waals surface area contributed by atoms with Crippen LogP contribution >= 0.6 is 11.6 Å². The molecule has 0 amide bonds. The first-order valence-corrected chi connectivity index (χ1v) is 2.13. The van der Waals surface area contributed by atoms with Crippen molar-refractivity contribution in [1.29, 1.82) is 0 Å². The molecule has 0 fully saturated rings. The number of hydrogen-bond donors (Lipinski definition) is 0. The van der Waals surface area contributed by atoms with E-state index in [0.29, 0.717) is 0 Å². The fourth-order valence-electron chi connectivity index (χ4n) is 0. The van der Waals surface area contributed by atoms with Crippen molar-refractivity contribution in [1.82, 2.24) is 0 Å². The van der Waals surface area contributed by atoms with Crippen LogP contribution in [0.5, 0.6) is 0 Å². The Morgan fingerprint density at radius 3 is 2.00 bits per heavy atom. The van der Waals surface area contributed by atoms with E-state index >= 15 is 0 Å². The summed E-state index contributed by atoms with van der Waals surface area (Å²) in [6.07, 6.45) is -0.778. The number of carbonyl (C=O) groups excluding carboxylic acids is 1. The zero-order valence-electron chi connectivity index (χ0n) is 4.16. The number of carbonyl (C=O) groups is 1. The Hall–Kier alpha value is -0.380. The number of alkyl halides is 2. The molecule has 0 aromatic carbocycles. The van der Waals surface area contributed by atoms with Gasteiger partial charge in [0.05, 0.1) is 0 Å². The van der Waals surface area contributed by atoms with Gasteiger partial charge >= 0.3 is 5.97 Å². The largest absolute Gasteiger partial charge is 0.345 e. The molecule has 0 rings (SSSR count). The topological polar surface area (TPSA) is 26.3 Å². The van der Waals surface area contributed by atoms with Crippen molar-refractivity contribution in [3.63, 3.8) is 0 Å². The van der Waals surface area contributed by atoms with E-state index in [2.05, 4.69) is 16.5 Å². The lowest BCUT2D eigenvalue weighted by Gasteiger charge is -1.71. The van der Waals surface area contributed by atoms with Gasteiger partial charge in [-0.15, -0.1) is 0 Å². The highest BCUT2D eigenvalue weighted by Crippen LogP contribution is 1.69. The molecule has 5 heteroatoms. The fourth-order valence-corrected chi connectivity index (χ4v) is 0. The lowest BCUT2D eigenvalue weighted by Crippen LogP contribution is -1.83. The van der Waals surface area contributed by atoms with Gasteiger partial charge in [0.2, 0.25) is 0 Å². The van der Waals surface area contributed by atoms with Gasteiger partial charge in [-0.25, -0.2) is 9.18 Å². The first-order chi connectivity index (χ1) is 3.68. The van der Waals surface area contributed by atoms with Crippen LogP contribution < -0.4 is 0 Å². The number of rotatable bonds is 0. The van der Waals surface area contributed by atoms with Crippen LogP contribution in [0.3, 0.4) is 0 Å².